The topological polar surface area (TPSA) is 90.9 Å². The number of amides is 1. The van der Waals surface area contributed by atoms with Gasteiger partial charge in [0, 0.05) is 11.1 Å². The van der Waals surface area contributed by atoms with Gasteiger partial charge in [-0.1, -0.05) is 17.9 Å². The number of hydrogen-bond acceptors (Lipinski definition) is 4. The highest BCUT2D eigenvalue weighted by atomic mass is 16.2. The number of aliphatic hydroxyl groups excluding tert-OH is 1. The van der Waals surface area contributed by atoms with Crippen LogP contribution in [-0.4, -0.2) is 32.8 Å². The van der Waals surface area contributed by atoms with Crippen molar-refractivity contribution in [1.82, 2.24) is 20.5 Å². The third-order valence-electron chi connectivity index (χ3n) is 2.99. The van der Waals surface area contributed by atoms with E-state index >= 15 is 0 Å². The number of nitrogens with zero attached hydrogens (tertiary/aromatic N) is 2. The number of carbonyl (C=O) groups is 1. The Hall–Kier alpha value is -2.65. The molecule has 6 heteroatoms. The van der Waals surface area contributed by atoms with Gasteiger partial charge >= 0.3 is 0 Å². The Balaban J connectivity index is 2.16. The van der Waals surface area contributed by atoms with E-state index in [4.69, 9.17) is 5.11 Å². The summed E-state index contributed by atoms with van der Waals surface area (Å²) in [6.07, 6.45) is 1.40. The fourth-order valence-corrected chi connectivity index (χ4v) is 1.80. The Bertz CT molecular complexity index is 683. The molecule has 1 amide bonds. The number of aromatic nitrogens is 3. The summed E-state index contributed by atoms with van der Waals surface area (Å²) in [5, 5.41) is 18.1. The van der Waals surface area contributed by atoms with Gasteiger partial charge in [0.1, 0.15) is 18.8 Å². The Morgan fingerprint density at radius 2 is 2.33 bits per heavy atom. The molecular weight excluding hydrogens is 268 g/mol. The lowest BCUT2D eigenvalue weighted by Crippen LogP contribution is -2.27. The van der Waals surface area contributed by atoms with Crippen LogP contribution in [-0.2, 0) is 0 Å². The number of aromatic amines is 1. The first-order valence-corrected chi connectivity index (χ1v) is 6.48. The molecule has 1 aromatic carbocycles. The van der Waals surface area contributed by atoms with Gasteiger partial charge in [-0.05, 0) is 31.5 Å². The van der Waals surface area contributed by atoms with Crippen LogP contribution >= 0.6 is 0 Å². The van der Waals surface area contributed by atoms with Gasteiger partial charge in [-0.15, -0.1) is 0 Å². The monoisotopic (exact) mass is 284 g/mol. The molecule has 0 aliphatic heterocycles. The first kappa shape index (κ1) is 14.8. The van der Waals surface area contributed by atoms with E-state index in [1.54, 1.807) is 12.1 Å². The second kappa shape index (κ2) is 6.68. The smallest absolute Gasteiger partial charge is 0.251 e. The number of aryl methyl sites for hydroxylation is 1. The highest BCUT2D eigenvalue weighted by Gasteiger charge is 2.14. The molecule has 0 aliphatic rings. The van der Waals surface area contributed by atoms with Crippen LogP contribution in [0.5, 0.6) is 0 Å². The molecule has 1 aromatic heterocycles. The minimum Gasteiger partial charge on any atom is -0.384 e. The molecule has 0 saturated heterocycles. The van der Waals surface area contributed by atoms with Gasteiger partial charge in [-0.3, -0.25) is 9.89 Å². The van der Waals surface area contributed by atoms with Crippen LogP contribution in [0, 0.1) is 18.8 Å². The maximum Gasteiger partial charge on any atom is 0.251 e. The molecule has 1 atom stereocenters. The molecule has 2 rings (SSSR count). The number of H-pyrrole nitrogens is 1. The van der Waals surface area contributed by atoms with Crippen molar-refractivity contribution in [3.63, 3.8) is 0 Å². The molecule has 21 heavy (non-hydrogen) atoms. The SMILES string of the molecule is Cc1ccc(C(=O)NC(C)c2ncn[nH]2)cc1C#CCO. The maximum atomic E-state index is 12.2. The van der Waals surface area contributed by atoms with Crippen LogP contribution < -0.4 is 5.32 Å². The van der Waals surface area contributed by atoms with E-state index in [-0.39, 0.29) is 18.6 Å². The molecular formula is C15H16N4O2. The minimum atomic E-state index is -0.270. The Kier molecular flexibility index (Phi) is 4.69. The third kappa shape index (κ3) is 3.68. The molecule has 2 aromatic rings. The van der Waals surface area contributed by atoms with E-state index in [9.17, 15) is 4.79 Å². The van der Waals surface area contributed by atoms with Crippen molar-refractivity contribution in [1.29, 1.82) is 0 Å². The number of nitrogens with one attached hydrogen (secondary N) is 2. The van der Waals surface area contributed by atoms with E-state index in [0.717, 1.165) is 11.1 Å². The molecule has 6 nitrogen and oxygen atoms in total. The molecule has 0 bridgehead atoms. The summed E-state index contributed by atoms with van der Waals surface area (Å²) < 4.78 is 0. The van der Waals surface area contributed by atoms with Crippen LogP contribution in [0.2, 0.25) is 0 Å². The number of aliphatic hydroxyl groups is 1. The summed E-state index contributed by atoms with van der Waals surface area (Å²) in [5.74, 6) is 5.79. The van der Waals surface area contributed by atoms with Crippen LogP contribution in [0.1, 0.15) is 40.3 Å². The first-order valence-electron chi connectivity index (χ1n) is 6.48. The molecule has 0 aliphatic carbocycles. The first-order chi connectivity index (χ1) is 10.1. The Morgan fingerprint density at radius 1 is 1.52 bits per heavy atom. The number of benzene rings is 1. The van der Waals surface area contributed by atoms with E-state index in [1.807, 2.05) is 19.9 Å². The highest BCUT2D eigenvalue weighted by molar-refractivity contribution is 5.94. The van der Waals surface area contributed by atoms with E-state index < -0.39 is 0 Å². The average molecular weight is 284 g/mol. The van der Waals surface area contributed by atoms with Crippen LogP contribution in [0.3, 0.4) is 0 Å². The van der Waals surface area contributed by atoms with Crippen molar-refractivity contribution in [2.24, 2.45) is 0 Å². The van der Waals surface area contributed by atoms with E-state index in [1.165, 1.54) is 6.33 Å². The summed E-state index contributed by atoms with van der Waals surface area (Å²) in [6, 6.07) is 5.01. The molecule has 108 valence electrons. The molecule has 0 radical (unpaired) electrons. The van der Waals surface area contributed by atoms with Gasteiger partial charge in [0.25, 0.3) is 5.91 Å². The standard InChI is InChI=1S/C15H16N4O2/c1-10-5-6-13(8-12(10)4-3-7-20)15(21)18-11(2)14-16-9-17-19-14/h5-6,8-9,11,20H,7H2,1-2H3,(H,18,21)(H,16,17,19). The van der Waals surface area contributed by atoms with Crippen molar-refractivity contribution in [3.8, 4) is 11.8 Å². The maximum absolute atomic E-state index is 12.2. The zero-order valence-electron chi connectivity index (χ0n) is 11.8. The fraction of sp³-hybridized carbons (Fsp3) is 0.267. The number of hydrogen-bond donors (Lipinski definition) is 3. The molecule has 3 N–H and O–H groups in total. The lowest BCUT2D eigenvalue weighted by molar-refractivity contribution is 0.0938. The third-order valence-corrected chi connectivity index (χ3v) is 2.99. The van der Waals surface area contributed by atoms with Crippen molar-refractivity contribution < 1.29 is 9.90 Å². The van der Waals surface area contributed by atoms with Crippen LogP contribution in [0.4, 0.5) is 0 Å². The molecule has 0 spiro atoms. The quantitative estimate of drug-likeness (QED) is 0.732. The summed E-state index contributed by atoms with van der Waals surface area (Å²) in [7, 11) is 0. The lowest BCUT2D eigenvalue weighted by Gasteiger charge is -2.11. The Labute approximate surface area is 122 Å². The van der Waals surface area contributed by atoms with Crippen LogP contribution in [0.25, 0.3) is 0 Å². The highest BCUT2D eigenvalue weighted by Crippen LogP contribution is 2.12. The van der Waals surface area contributed by atoms with Crippen molar-refractivity contribution in [2.45, 2.75) is 19.9 Å². The van der Waals surface area contributed by atoms with E-state index in [2.05, 4.69) is 32.3 Å². The summed E-state index contributed by atoms with van der Waals surface area (Å²) in [5.41, 5.74) is 2.19. The molecule has 1 heterocycles. The number of rotatable bonds is 3. The zero-order chi connectivity index (χ0) is 15.2. The molecule has 0 saturated carbocycles. The van der Waals surface area contributed by atoms with Gasteiger partial charge in [-0.25, -0.2) is 4.98 Å². The second-order valence-electron chi connectivity index (χ2n) is 4.56. The average Bonchev–Trinajstić information content (AvgIpc) is 3.00. The predicted octanol–water partition coefficient (Wildman–Crippen LogP) is 0.948. The summed E-state index contributed by atoms with van der Waals surface area (Å²) in [4.78, 5) is 16.2. The Morgan fingerprint density at radius 3 is 3.00 bits per heavy atom. The van der Waals surface area contributed by atoms with Crippen molar-refractivity contribution in [3.05, 3.63) is 47.0 Å². The molecule has 0 fully saturated rings. The number of carbonyl (C=O) groups excluding carboxylic acids is 1. The predicted molar refractivity (Wildman–Crippen MR) is 77.4 cm³/mol. The van der Waals surface area contributed by atoms with Gasteiger partial charge in [-0.2, -0.15) is 5.10 Å². The lowest BCUT2D eigenvalue weighted by atomic mass is 10.0. The largest absolute Gasteiger partial charge is 0.384 e. The van der Waals surface area contributed by atoms with Gasteiger partial charge in [0.05, 0.1) is 6.04 Å². The minimum absolute atomic E-state index is 0.210. The normalized spacial score (nSPS) is 11.4. The summed E-state index contributed by atoms with van der Waals surface area (Å²) >= 11 is 0. The van der Waals surface area contributed by atoms with E-state index in [0.29, 0.717) is 11.4 Å². The van der Waals surface area contributed by atoms with Gasteiger partial charge in [0.15, 0.2) is 0 Å². The zero-order valence-corrected chi connectivity index (χ0v) is 11.8. The van der Waals surface area contributed by atoms with Crippen molar-refractivity contribution >= 4 is 5.91 Å². The van der Waals surface area contributed by atoms with Gasteiger partial charge < -0.3 is 10.4 Å². The van der Waals surface area contributed by atoms with Crippen LogP contribution in [0.15, 0.2) is 24.5 Å². The van der Waals surface area contributed by atoms with Gasteiger partial charge in [0.2, 0.25) is 0 Å². The summed E-state index contributed by atoms with van der Waals surface area (Å²) in [6.45, 7) is 3.51. The van der Waals surface area contributed by atoms with Crippen molar-refractivity contribution in [2.75, 3.05) is 6.61 Å². The fourth-order valence-electron chi connectivity index (χ4n) is 1.80. The second-order valence-corrected chi connectivity index (χ2v) is 4.56. The molecule has 1 unspecified atom stereocenters.